The minimum Gasteiger partial charge on any atom is -0.329 e. The highest BCUT2D eigenvalue weighted by Gasteiger charge is 2.41. The zero-order valence-electron chi connectivity index (χ0n) is 8.46. The lowest BCUT2D eigenvalue weighted by Crippen LogP contribution is -2.55. The standard InChI is InChI=1S/C10H20N2S/c1-12(9-2-3-9)10(8-11)4-6-13-7-5-10/h9H,2-8,11H2,1H3. The summed E-state index contributed by atoms with van der Waals surface area (Å²) >= 11 is 2.08. The first-order valence-electron chi connectivity index (χ1n) is 5.29. The monoisotopic (exact) mass is 200 g/mol. The minimum atomic E-state index is 0.354. The fraction of sp³-hybridized carbons (Fsp3) is 1.00. The first-order chi connectivity index (χ1) is 6.28. The van der Waals surface area contributed by atoms with E-state index in [0.717, 1.165) is 12.6 Å². The van der Waals surface area contributed by atoms with Gasteiger partial charge in [-0.1, -0.05) is 0 Å². The van der Waals surface area contributed by atoms with Gasteiger partial charge in [-0.25, -0.2) is 0 Å². The third-order valence-electron chi connectivity index (χ3n) is 3.65. The Balaban J connectivity index is 2.02. The lowest BCUT2D eigenvalue weighted by molar-refractivity contribution is 0.107. The molecule has 1 aliphatic carbocycles. The van der Waals surface area contributed by atoms with Crippen LogP contribution in [0.2, 0.25) is 0 Å². The Hall–Kier alpha value is 0.270. The summed E-state index contributed by atoms with van der Waals surface area (Å²) in [6.07, 6.45) is 5.37. The highest BCUT2D eigenvalue weighted by molar-refractivity contribution is 7.99. The van der Waals surface area contributed by atoms with Crippen molar-refractivity contribution < 1.29 is 0 Å². The second-order valence-electron chi connectivity index (χ2n) is 4.38. The Bertz CT molecular complexity index is 174. The van der Waals surface area contributed by atoms with Crippen LogP contribution in [0.5, 0.6) is 0 Å². The maximum atomic E-state index is 5.95. The molecule has 0 atom stereocenters. The third kappa shape index (κ3) is 1.88. The average Bonchev–Trinajstić information content (AvgIpc) is 3.01. The number of hydrogen-bond donors (Lipinski definition) is 1. The van der Waals surface area contributed by atoms with E-state index in [-0.39, 0.29) is 0 Å². The maximum Gasteiger partial charge on any atom is 0.0347 e. The summed E-state index contributed by atoms with van der Waals surface area (Å²) in [5.74, 6) is 2.60. The highest BCUT2D eigenvalue weighted by atomic mass is 32.2. The van der Waals surface area contributed by atoms with E-state index in [4.69, 9.17) is 5.73 Å². The third-order valence-corrected chi connectivity index (χ3v) is 4.63. The van der Waals surface area contributed by atoms with E-state index in [9.17, 15) is 0 Å². The first-order valence-corrected chi connectivity index (χ1v) is 6.45. The van der Waals surface area contributed by atoms with E-state index < -0.39 is 0 Å². The quantitative estimate of drug-likeness (QED) is 0.745. The predicted octanol–water partition coefficient (Wildman–Crippen LogP) is 1.31. The van der Waals surface area contributed by atoms with Crippen LogP contribution in [-0.2, 0) is 0 Å². The molecule has 2 N–H and O–H groups in total. The van der Waals surface area contributed by atoms with Crippen LogP contribution < -0.4 is 5.73 Å². The SMILES string of the molecule is CN(C1CC1)C1(CN)CCSCC1. The van der Waals surface area contributed by atoms with Gasteiger partial charge in [-0.05, 0) is 44.2 Å². The van der Waals surface area contributed by atoms with Crippen LogP contribution in [0.15, 0.2) is 0 Å². The summed E-state index contributed by atoms with van der Waals surface area (Å²) in [7, 11) is 2.28. The minimum absolute atomic E-state index is 0.354. The summed E-state index contributed by atoms with van der Waals surface area (Å²) in [6.45, 7) is 0.848. The van der Waals surface area contributed by atoms with Gasteiger partial charge in [0.25, 0.3) is 0 Å². The van der Waals surface area contributed by atoms with Gasteiger partial charge in [0, 0.05) is 18.1 Å². The summed E-state index contributed by atoms with van der Waals surface area (Å²) < 4.78 is 0. The Morgan fingerprint density at radius 2 is 2.00 bits per heavy atom. The molecule has 0 spiro atoms. The fourth-order valence-corrected chi connectivity index (χ4v) is 3.55. The van der Waals surface area contributed by atoms with Gasteiger partial charge >= 0.3 is 0 Å². The topological polar surface area (TPSA) is 29.3 Å². The van der Waals surface area contributed by atoms with Crippen molar-refractivity contribution in [1.29, 1.82) is 0 Å². The molecule has 0 radical (unpaired) electrons. The fourth-order valence-electron chi connectivity index (χ4n) is 2.30. The van der Waals surface area contributed by atoms with Gasteiger partial charge in [-0.15, -0.1) is 0 Å². The van der Waals surface area contributed by atoms with E-state index in [1.807, 2.05) is 0 Å². The van der Waals surface area contributed by atoms with Crippen LogP contribution in [-0.4, -0.2) is 41.6 Å². The molecule has 1 saturated carbocycles. The van der Waals surface area contributed by atoms with E-state index >= 15 is 0 Å². The van der Waals surface area contributed by atoms with Crippen LogP contribution in [0, 0.1) is 0 Å². The molecular weight excluding hydrogens is 180 g/mol. The second-order valence-corrected chi connectivity index (χ2v) is 5.61. The van der Waals surface area contributed by atoms with Crippen molar-refractivity contribution in [1.82, 2.24) is 4.90 Å². The van der Waals surface area contributed by atoms with Crippen LogP contribution in [0.1, 0.15) is 25.7 Å². The van der Waals surface area contributed by atoms with Crippen molar-refractivity contribution in [2.24, 2.45) is 5.73 Å². The molecule has 76 valence electrons. The molecule has 2 aliphatic rings. The van der Waals surface area contributed by atoms with Crippen LogP contribution >= 0.6 is 11.8 Å². The zero-order valence-corrected chi connectivity index (χ0v) is 9.28. The molecule has 0 bridgehead atoms. The number of thioether (sulfide) groups is 1. The summed E-state index contributed by atoms with van der Waals surface area (Å²) in [6, 6.07) is 0.853. The number of nitrogens with zero attached hydrogens (tertiary/aromatic N) is 1. The first kappa shape index (κ1) is 9.81. The molecule has 0 aromatic heterocycles. The largest absolute Gasteiger partial charge is 0.329 e. The van der Waals surface area contributed by atoms with Gasteiger partial charge in [0.2, 0.25) is 0 Å². The molecule has 0 unspecified atom stereocenters. The zero-order chi connectivity index (χ0) is 9.31. The molecule has 0 aromatic carbocycles. The number of hydrogen-bond acceptors (Lipinski definition) is 3. The molecule has 2 rings (SSSR count). The van der Waals surface area contributed by atoms with E-state index in [0.29, 0.717) is 5.54 Å². The number of rotatable bonds is 3. The van der Waals surface area contributed by atoms with Crippen LogP contribution in [0.3, 0.4) is 0 Å². The van der Waals surface area contributed by atoms with Crippen molar-refractivity contribution in [3.05, 3.63) is 0 Å². The van der Waals surface area contributed by atoms with Crippen molar-refractivity contribution in [3.8, 4) is 0 Å². The van der Waals surface area contributed by atoms with Crippen molar-refractivity contribution in [2.75, 3.05) is 25.1 Å². The molecule has 0 amide bonds. The molecule has 13 heavy (non-hydrogen) atoms. The number of nitrogens with two attached hydrogens (primary N) is 1. The van der Waals surface area contributed by atoms with Gasteiger partial charge in [0.1, 0.15) is 0 Å². The average molecular weight is 200 g/mol. The Kier molecular flexibility index (Phi) is 2.86. The molecular formula is C10H20N2S. The lowest BCUT2D eigenvalue weighted by Gasteiger charge is -2.44. The van der Waals surface area contributed by atoms with Gasteiger partial charge in [-0.3, -0.25) is 4.90 Å². The normalized spacial score (nSPS) is 27.9. The van der Waals surface area contributed by atoms with Gasteiger partial charge in [0.05, 0.1) is 0 Å². The summed E-state index contributed by atoms with van der Waals surface area (Å²) in [5.41, 5.74) is 6.31. The van der Waals surface area contributed by atoms with E-state index in [1.54, 1.807) is 0 Å². The smallest absolute Gasteiger partial charge is 0.0347 e. The Labute approximate surface area is 85.2 Å². The molecule has 1 heterocycles. The maximum absolute atomic E-state index is 5.95. The Morgan fingerprint density at radius 3 is 2.46 bits per heavy atom. The molecule has 3 heteroatoms. The van der Waals surface area contributed by atoms with Gasteiger partial charge in [0.15, 0.2) is 0 Å². The van der Waals surface area contributed by atoms with Crippen LogP contribution in [0.4, 0.5) is 0 Å². The highest BCUT2D eigenvalue weighted by Crippen LogP contribution is 2.38. The lowest BCUT2D eigenvalue weighted by atomic mass is 9.90. The second kappa shape index (κ2) is 3.79. The summed E-state index contributed by atoms with van der Waals surface area (Å²) in [5, 5.41) is 0. The van der Waals surface area contributed by atoms with Crippen molar-refractivity contribution in [2.45, 2.75) is 37.3 Å². The van der Waals surface area contributed by atoms with Gasteiger partial charge < -0.3 is 5.73 Å². The van der Waals surface area contributed by atoms with E-state index in [2.05, 4.69) is 23.7 Å². The van der Waals surface area contributed by atoms with Gasteiger partial charge in [-0.2, -0.15) is 11.8 Å². The van der Waals surface area contributed by atoms with Crippen molar-refractivity contribution in [3.63, 3.8) is 0 Å². The Morgan fingerprint density at radius 1 is 1.38 bits per heavy atom. The predicted molar refractivity (Wildman–Crippen MR) is 59.1 cm³/mol. The molecule has 1 saturated heterocycles. The molecule has 1 aliphatic heterocycles. The molecule has 0 aromatic rings. The summed E-state index contributed by atoms with van der Waals surface area (Å²) in [4.78, 5) is 2.58. The van der Waals surface area contributed by atoms with E-state index in [1.165, 1.54) is 37.2 Å². The van der Waals surface area contributed by atoms with Crippen LogP contribution in [0.25, 0.3) is 0 Å². The van der Waals surface area contributed by atoms with Crippen molar-refractivity contribution >= 4 is 11.8 Å². The number of likely N-dealkylation sites (N-methyl/N-ethyl adjacent to an activating group) is 1. The molecule has 2 nitrogen and oxygen atoms in total. The molecule has 2 fully saturated rings.